The lowest BCUT2D eigenvalue weighted by Crippen LogP contribution is -2.17. The van der Waals surface area contributed by atoms with Crippen molar-refractivity contribution in [1.29, 1.82) is 0 Å². The Bertz CT molecular complexity index is 691. The van der Waals surface area contributed by atoms with Gasteiger partial charge >= 0.3 is 0 Å². The van der Waals surface area contributed by atoms with Crippen molar-refractivity contribution in [2.75, 3.05) is 0 Å². The summed E-state index contributed by atoms with van der Waals surface area (Å²) in [7, 11) is 0. The summed E-state index contributed by atoms with van der Waals surface area (Å²) in [5.74, 6) is 0. The van der Waals surface area contributed by atoms with Gasteiger partial charge in [0.15, 0.2) is 0 Å². The second-order valence-electron chi connectivity index (χ2n) is 4.38. The summed E-state index contributed by atoms with van der Waals surface area (Å²) in [5.41, 5.74) is 8.89. The van der Waals surface area contributed by atoms with Crippen LogP contribution >= 0.6 is 11.6 Å². The van der Waals surface area contributed by atoms with Crippen LogP contribution in [0.5, 0.6) is 0 Å². The molecule has 0 spiro atoms. The van der Waals surface area contributed by atoms with Crippen LogP contribution in [0.15, 0.2) is 60.9 Å². The molecule has 3 aromatic rings. The molecule has 1 aromatic carbocycles. The van der Waals surface area contributed by atoms with Crippen LogP contribution < -0.4 is 5.73 Å². The van der Waals surface area contributed by atoms with Crippen LogP contribution in [0, 0.1) is 0 Å². The van der Waals surface area contributed by atoms with Crippen molar-refractivity contribution in [2.45, 2.75) is 6.04 Å². The molecule has 3 rings (SSSR count). The first-order valence-electron chi connectivity index (χ1n) is 6.22. The van der Waals surface area contributed by atoms with E-state index in [9.17, 15) is 0 Å². The zero-order valence-electron chi connectivity index (χ0n) is 10.6. The molecule has 0 radical (unpaired) electrons. The number of pyridine rings is 1. The molecule has 0 saturated heterocycles. The topological polar surface area (TPSA) is 56.7 Å². The van der Waals surface area contributed by atoms with Crippen LogP contribution in [-0.4, -0.2) is 14.8 Å². The Balaban J connectivity index is 1.99. The van der Waals surface area contributed by atoms with Gasteiger partial charge in [-0.15, -0.1) is 0 Å². The van der Waals surface area contributed by atoms with Crippen molar-refractivity contribution in [3.8, 4) is 5.69 Å². The number of hydrogen-bond donors (Lipinski definition) is 1. The van der Waals surface area contributed by atoms with Crippen LogP contribution in [0.2, 0.25) is 5.02 Å². The summed E-state index contributed by atoms with van der Waals surface area (Å²) in [6, 6.07) is 15.0. The number of aromatic nitrogens is 3. The van der Waals surface area contributed by atoms with Gasteiger partial charge in [-0.1, -0.05) is 29.8 Å². The minimum absolute atomic E-state index is 0.352. The van der Waals surface area contributed by atoms with Gasteiger partial charge in [-0.2, -0.15) is 5.10 Å². The molecule has 0 fully saturated rings. The lowest BCUT2D eigenvalue weighted by molar-refractivity contribution is 0.723. The molecule has 0 aliphatic carbocycles. The Morgan fingerprint density at radius 2 is 1.85 bits per heavy atom. The number of hydrogen-bond acceptors (Lipinski definition) is 3. The highest BCUT2D eigenvalue weighted by atomic mass is 35.5. The zero-order valence-corrected chi connectivity index (χ0v) is 11.4. The highest BCUT2D eigenvalue weighted by Gasteiger charge is 2.16. The molecule has 100 valence electrons. The summed E-state index contributed by atoms with van der Waals surface area (Å²) in [5, 5.41) is 4.93. The SMILES string of the molecule is NC(c1ccc(Cl)cn1)c1ccnn1-c1ccccc1. The van der Waals surface area contributed by atoms with Crippen LogP contribution in [-0.2, 0) is 0 Å². The molecular formula is C15H13ClN4. The standard InChI is InChI=1S/C15H13ClN4/c16-11-6-7-13(18-10-11)15(17)14-8-9-19-20(14)12-4-2-1-3-5-12/h1-10,15H,17H2. The number of benzene rings is 1. The predicted molar refractivity (Wildman–Crippen MR) is 78.8 cm³/mol. The van der Waals surface area contributed by atoms with Gasteiger partial charge in [0.2, 0.25) is 0 Å². The second kappa shape index (κ2) is 5.45. The molecule has 2 aromatic heterocycles. The molecule has 1 unspecified atom stereocenters. The molecule has 20 heavy (non-hydrogen) atoms. The second-order valence-corrected chi connectivity index (χ2v) is 4.82. The average molecular weight is 285 g/mol. The number of nitrogens with two attached hydrogens (primary N) is 1. The fourth-order valence-corrected chi connectivity index (χ4v) is 2.17. The molecular weight excluding hydrogens is 272 g/mol. The quantitative estimate of drug-likeness (QED) is 0.804. The first-order chi connectivity index (χ1) is 9.75. The van der Waals surface area contributed by atoms with Crippen LogP contribution in [0.1, 0.15) is 17.4 Å². The lowest BCUT2D eigenvalue weighted by Gasteiger charge is -2.14. The van der Waals surface area contributed by atoms with Gasteiger partial charge < -0.3 is 5.73 Å². The number of nitrogens with zero attached hydrogens (tertiary/aromatic N) is 3. The highest BCUT2D eigenvalue weighted by Crippen LogP contribution is 2.21. The largest absolute Gasteiger partial charge is 0.318 e. The van der Waals surface area contributed by atoms with Crippen molar-refractivity contribution >= 4 is 11.6 Å². The maximum absolute atomic E-state index is 6.28. The Morgan fingerprint density at radius 1 is 1.05 bits per heavy atom. The number of halogens is 1. The van der Waals surface area contributed by atoms with Crippen molar-refractivity contribution in [2.24, 2.45) is 5.73 Å². The predicted octanol–water partition coefficient (Wildman–Crippen LogP) is 2.97. The molecule has 0 aliphatic heterocycles. The van der Waals surface area contributed by atoms with Crippen LogP contribution in [0.25, 0.3) is 5.69 Å². The van der Waals surface area contributed by atoms with Crippen molar-refractivity contribution in [1.82, 2.24) is 14.8 Å². The summed E-state index contributed by atoms with van der Waals surface area (Å²) < 4.78 is 1.82. The molecule has 0 amide bonds. The highest BCUT2D eigenvalue weighted by molar-refractivity contribution is 6.30. The molecule has 0 saturated carbocycles. The van der Waals surface area contributed by atoms with Gasteiger partial charge in [0.1, 0.15) is 0 Å². The van der Waals surface area contributed by atoms with Crippen LogP contribution in [0.3, 0.4) is 0 Å². The minimum Gasteiger partial charge on any atom is -0.318 e. The van der Waals surface area contributed by atoms with Crippen molar-refractivity contribution < 1.29 is 0 Å². The van der Waals surface area contributed by atoms with Crippen LogP contribution in [0.4, 0.5) is 0 Å². The third-order valence-corrected chi connectivity index (χ3v) is 3.28. The molecule has 4 nitrogen and oxygen atoms in total. The Morgan fingerprint density at radius 3 is 2.55 bits per heavy atom. The number of rotatable bonds is 3. The van der Waals surface area contributed by atoms with E-state index in [0.717, 1.165) is 17.1 Å². The summed E-state index contributed by atoms with van der Waals surface area (Å²) >= 11 is 5.85. The smallest absolute Gasteiger partial charge is 0.0901 e. The van der Waals surface area contributed by atoms with E-state index in [4.69, 9.17) is 17.3 Å². The van der Waals surface area contributed by atoms with Gasteiger partial charge in [0.25, 0.3) is 0 Å². The van der Waals surface area contributed by atoms with Gasteiger partial charge in [-0.25, -0.2) is 4.68 Å². The maximum Gasteiger partial charge on any atom is 0.0901 e. The maximum atomic E-state index is 6.28. The van der Waals surface area contributed by atoms with E-state index >= 15 is 0 Å². The van der Waals surface area contributed by atoms with Gasteiger partial charge in [-0.05, 0) is 30.3 Å². The lowest BCUT2D eigenvalue weighted by atomic mass is 10.1. The summed E-state index contributed by atoms with van der Waals surface area (Å²) in [6.45, 7) is 0. The first kappa shape index (κ1) is 12.8. The Kier molecular flexibility index (Phi) is 3.50. The van der Waals surface area contributed by atoms with Crippen molar-refractivity contribution in [3.63, 3.8) is 0 Å². The van der Waals surface area contributed by atoms with E-state index in [1.807, 2.05) is 47.1 Å². The molecule has 0 bridgehead atoms. The summed E-state index contributed by atoms with van der Waals surface area (Å²) in [4.78, 5) is 4.27. The van der Waals surface area contributed by atoms with E-state index < -0.39 is 0 Å². The fraction of sp³-hybridized carbons (Fsp3) is 0.0667. The minimum atomic E-state index is -0.352. The van der Waals surface area contributed by atoms with E-state index in [1.54, 1.807) is 18.5 Å². The van der Waals surface area contributed by atoms with Gasteiger partial charge in [0, 0.05) is 12.4 Å². The third kappa shape index (κ3) is 2.43. The molecule has 5 heteroatoms. The molecule has 2 N–H and O–H groups in total. The normalized spacial score (nSPS) is 12.3. The van der Waals surface area contributed by atoms with E-state index in [-0.39, 0.29) is 6.04 Å². The third-order valence-electron chi connectivity index (χ3n) is 3.06. The van der Waals surface area contributed by atoms with E-state index in [0.29, 0.717) is 5.02 Å². The van der Waals surface area contributed by atoms with Gasteiger partial charge in [0.05, 0.1) is 28.1 Å². The first-order valence-corrected chi connectivity index (χ1v) is 6.60. The Hall–Kier alpha value is -2.17. The zero-order chi connectivity index (χ0) is 13.9. The average Bonchev–Trinajstić information content (AvgIpc) is 2.97. The fourth-order valence-electron chi connectivity index (χ4n) is 2.06. The van der Waals surface area contributed by atoms with E-state index in [1.165, 1.54) is 0 Å². The molecule has 2 heterocycles. The van der Waals surface area contributed by atoms with Gasteiger partial charge in [-0.3, -0.25) is 4.98 Å². The summed E-state index contributed by atoms with van der Waals surface area (Å²) in [6.07, 6.45) is 3.33. The monoisotopic (exact) mass is 284 g/mol. The molecule has 1 atom stereocenters. The van der Waals surface area contributed by atoms with Crippen molar-refractivity contribution in [3.05, 3.63) is 77.3 Å². The number of para-hydroxylation sites is 1. The van der Waals surface area contributed by atoms with E-state index in [2.05, 4.69) is 10.1 Å². The molecule has 0 aliphatic rings. The Labute approximate surface area is 121 Å².